The minimum absolute atomic E-state index is 0.160. The first-order chi connectivity index (χ1) is 14.0. The van der Waals surface area contributed by atoms with Crippen molar-refractivity contribution in [2.24, 2.45) is 5.73 Å². The van der Waals surface area contributed by atoms with Crippen LogP contribution in [0, 0.1) is 0 Å². The topological polar surface area (TPSA) is 75.9 Å². The van der Waals surface area contributed by atoms with Gasteiger partial charge in [-0.25, -0.2) is 0 Å². The lowest BCUT2D eigenvalue weighted by Gasteiger charge is -2.21. The zero-order valence-corrected chi connectivity index (χ0v) is 17.1. The van der Waals surface area contributed by atoms with E-state index in [4.69, 9.17) is 10.5 Å². The van der Waals surface area contributed by atoms with Crippen molar-refractivity contribution < 1.29 is 14.3 Å². The van der Waals surface area contributed by atoms with E-state index in [2.05, 4.69) is 4.90 Å². The molecule has 6 heteroatoms. The number of rotatable bonds is 11. The summed E-state index contributed by atoms with van der Waals surface area (Å²) in [5.41, 5.74) is 7.10. The first-order valence-electron chi connectivity index (χ1n) is 9.61. The minimum atomic E-state index is -0.559. The molecule has 0 bridgehead atoms. The van der Waals surface area contributed by atoms with Crippen molar-refractivity contribution in [1.82, 2.24) is 9.80 Å². The number of nitrogens with two attached hydrogens (primary N) is 1. The number of ether oxygens (including phenoxy) is 1. The van der Waals surface area contributed by atoms with E-state index in [0.29, 0.717) is 12.4 Å². The molecule has 0 aliphatic rings. The summed E-state index contributed by atoms with van der Waals surface area (Å²) in [5.74, 6) is -0.133. The Labute approximate surface area is 172 Å². The molecule has 2 aromatic rings. The lowest BCUT2D eigenvalue weighted by Crippen LogP contribution is -2.37. The number of carbonyl (C=O) groups excluding carboxylic acids is 2. The molecule has 0 saturated carbocycles. The molecule has 0 heterocycles. The molecule has 2 amide bonds. The number of carbonyl (C=O) groups is 2. The van der Waals surface area contributed by atoms with Gasteiger partial charge in [0.1, 0.15) is 5.75 Å². The number of amides is 2. The van der Waals surface area contributed by atoms with Crippen LogP contribution in [-0.4, -0.2) is 55.4 Å². The van der Waals surface area contributed by atoms with Crippen molar-refractivity contribution in [3.05, 3.63) is 71.8 Å². The molecule has 0 atom stereocenters. The summed E-state index contributed by atoms with van der Waals surface area (Å²) >= 11 is 0. The molecule has 2 rings (SSSR count). The number of benzene rings is 2. The fourth-order valence-electron chi connectivity index (χ4n) is 2.78. The Kier molecular flexibility index (Phi) is 8.92. The third kappa shape index (κ3) is 8.19. The fraction of sp³-hybridized carbons (Fsp3) is 0.304. The fourth-order valence-corrected chi connectivity index (χ4v) is 2.78. The van der Waals surface area contributed by atoms with Crippen LogP contribution >= 0.6 is 0 Å². The van der Waals surface area contributed by atoms with Crippen molar-refractivity contribution in [3.63, 3.8) is 0 Å². The van der Waals surface area contributed by atoms with Crippen LogP contribution in [0.2, 0.25) is 0 Å². The molecular formula is C23H29N3O3. The summed E-state index contributed by atoms with van der Waals surface area (Å²) in [5, 5.41) is 0. The molecule has 29 heavy (non-hydrogen) atoms. The average molecular weight is 396 g/mol. The maximum Gasteiger partial charge on any atom is 0.247 e. The molecule has 0 saturated heterocycles. The number of hydrogen-bond acceptors (Lipinski definition) is 4. The third-order valence-corrected chi connectivity index (χ3v) is 4.22. The van der Waals surface area contributed by atoms with E-state index in [-0.39, 0.29) is 19.0 Å². The Bertz CT molecular complexity index is 819. The maximum atomic E-state index is 12.7. The Balaban J connectivity index is 2.08. The molecular weight excluding hydrogens is 366 g/mol. The zero-order chi connectivity index (χ0) is 21.1. The minimum Gasteiger partial charge on any atom is -0.493 e. The number of primary amides is 1. The van der Waals surface area contributed by atoms with E-state index in [1.54, 1.807) is 6.08 Å². The predicted octanol–water partition coefficient (Wildman–Crippen LogP) is 2.54. The van der Waals surface area contributed by atoms with E-state index >= 15 is 0 Å². The second-order valence-corrected chi connectivity index (χ2v) is 7.02. The van der Waals surface area contributed by atoms with Crippen molar-refractivity contribution in [2.45, 2.75) is 13.0 Å². The van der Waals surface area contributed by atoms with Gasteiger partial charge in [-0.1, -0.05) is 48.5 Å². The highest BCUT2D eigenvalue weighted by Crippen LogP contribution is 2.20. The van der Waals surface area contributed by atoms with Crippen LogP contribution in [0.1, 0.15) is 17.5 Å². The lowest BCUT2D eigenvalue weighted by molar-refractivity contribution is -0.131. The quantitative estimate of drug-likeness (QED) is 0.469. The summed E-state index contributed by atoms with van der Waals surface area (Å²) < 4.78 is 5.90. The van der Waals surface area contributed by atoms with Gasteiger partial charge in [-0.15, -0.1) is 0 Å². The molecule has 0 radical (unpaired) electrons. The van der Waals surface area contributed by atoms with Crippen molar-refractivity contribution in [3.8, 4) is 5.75 Å². The van der Waals surface area contributed by atoms with Crippen LogP contribution in [0.15, 0.2) is 60.7 Å². The van der Waals surface area contributed by atoms with Gasteiger partial charge in [0, 0.05) is 18.2 Å². The van der Waals surface area contributed by atoms with Gasteiger partial charge in [-0.2, -0.15) is 0 Å². The van der Waals surface area contributed by atoms with E-state index in [1.165, 1.54) is 11.0 Å². The third-order valence-electron chi connectivity index (χ3n) is 4.22. The molecule has 0 spiro atoms. The second kappa shape index (κ2) is 11.7. The first-order valence-corrected chi connectivity index (χ1v) is 9.61. The van der Waals surface area contributed by atoms with Gasteiger partial charge in [0.05, 0.1) is 19.7 Å². The van der Waals surface area contributed by atoms with Gasteiger partial charge < -0.3 is 20.3 Å². The van der Waals surface area contributed by atoms with E-state index in [0.717, 1.165) is 24.1 Å². The van der Waals surface area contributed by atoms with Gasteiger partial charge in [0.15, 0.2) is 0 Å². The highest BCUT2D eigenvalue weighted by Gasteiger charge is 2.16. The van der Waals surface area contributed by atoms with Gasteiger partial charge >= 0.3 is 0 Å². The molecule has 154 valence electrons. The number of nitrogens with zero attached hydrogens (tertiary/aromatic N) is 2. The lowest BCUT2D eigenvalue weighted by atomic mass is 10.1. The van der Waals surface area contributed by atoms with Crippen molar-refractivity contribution in [2.75, 3.05) is 33.8 Å². The van der Waals surface area contributed by atoms with Gasteiger partial charge in [0.25, 0.3) is 0 Å². The highest BCUT2D eigenvalue weighted by molar-refractivity contribution is 5.94. The second-order valence-electron chi connectivity index (χ2n) is 7.02. The molecule has 0 aliphatic carbocycles. The van der Waals surface area contributed by atoms with Gasteiger partial charge in [-0.3, -0.25) is 9.59 Å². The van der Waals surface area contributed by atoms with Crippen LogP contribution in [-0.2, 0) is 16.1 Å². The normalized spacial score (nSPS) is 11.0. The highest BCUT2D eigenvalue weighted by atomic mass is 16.5. The standard InChI is InChI=1S/C23H29N3O3/c1-25(2)15-8-16-29-21-12-7-6-11-20(21)17-26(18-22(24)27)23(28)14-13-19-9-4-3-5-10-19/h3-7,9-14H,8,15-18H2,1-2H3,(H2,24,27). The largest absolute Gasteiger partial charge is 0.493 e. The molecule has 2 aromatic carbocycles. The van der Waals surface area contributed by atoms with Gasteiger partial charge in [-0.05, 0) is 38.2 Å². The van der Waals surface area contributed by atoms with Crippen molar-refractivity contribution >= 4 is 17.9 Å². The Morgan fingerprint density at radius 1 is 1.03 bits per heavy atom. The Morgan fingerprint density at radius 3 is 2.41 bits per heavy atom. The molecule has 0 unspecified atom stereocenters. The van der Waals surface area contributed by atoms with Crippen molar-refractivity contribution in [1.29, 1.82) is 0 Å². The van der Waals surface area contributed by atoms with E-state index in [9.17, 15) is 9.59 Å². The summed E-state index contributed by atoms with van der Waals surface area (Å²) in [7, 11) is 4.04. The van der Waals surface area contributed by atoms with Crippen LogP contribution in [0.3, 0.4) is 0 Å². The van der Waals surface area contributed by atoms with Gasteiger partial charge in [0.2, 0.25) is 11.8 Å². The van der Waals surface area contributed by atoms with Crippen LogP contribution in [0.5, 0.6) is 5.75 Å². The summed E-state index contributed by atoms with van der Waals surface area (Å²) in [6.45, 7) is 1.59. The summed E-state index contributed by atoms with van der Waals surface area (Å²) in [4.78, 5) is 27.7. The Morgan fingerprint density at radius 2 is 1.72 bits per heavy atom. The number of para-hydroxylation sites is 1. The van der Waals surface area contributed by atoms with E-state index in [1.807, 2.05) is 68.7 Å². The molecule has 6 nitrogen and oxygen atoms in total. The van der Waals surface area contributed by atoms with Crippen LogP contribution < -0.4 is 10.5 Å². The molecule has 2 N–H and O–H groups in total. The average Bonchev–Trinajstić information content (AvgIpc) is 2.70. The van der Waals surface area contributed by atoms with E-state index < -0.39 is 5.91 Å². The molecule has 0 aliphatic heterocycles. The predicted molar refractivity (Wildman–Crippen MR) is 115 cm³/mol. The zero-order valence-electron chi connectivity index (χ0n) is 17.1. The molecule has 0 fully saturated rings. The van der Waals surface area contributed by atoms with Crippen LogP contribution in [0.4, 0.5) is 0 Å². The monoisotopic (exact) mass is 395 g/mol. The van der Waals surface area contributed by atoms with Crippen LogP contribution in [0.25, 0.3) is 6.08 Å². The number of hydrogen-bond donors (Lipinski definition) is 1. The maximum absolute atomic E-state index is 12.7. The molecule has 0 aromatic heterocycles. The smallest absolute Gasteiger partial charge is 0.247 e. The Hall–Kier alpha value is -3.12. The summed E-state index contributed by atoms with van der Waals surface area (Å²) in [6.07, 6.45) is 4.07. The summed E-state index contributed by atoms with van der Waals surface area (Å²) in [6, 6.07) is 17.0. The SMILES string of the molecule is CN(C)CCCOc1ccccc1CN(CC(N)=O)C(=O)C=Cc1ccccc1. The first kappa shape index (κ1) is 22.2.